The molecule has 0 aromatic carbocycles. The minimum Gasteiger partial charge on any atom is -0.477 e. The average Bonchev–Trinajstić information content (AvgIpc) is 3.31. The van der Waals surface area contributed by atoms with Crippen molar-refractivity contribution < 1.29 is 23.9 Å². The number of nitrogens with one attached hydrogen (secondary N) is 1. The molecule has 33 heavy (non-hydrogen) atoms. The maximum atomic E-state index is 14.9. The van der Waals surface area contributed by atoms with E-state index >= 15 is 0 Å². The molecule has 3 aromatic heterocycles. The summed E-state index contributed by atoms with van der Waals surface area (Å²) in [5.74, 6) is -2.02. The van der Waals surface area contributed by atoms with E-state index in [0.717, 1.165) is 31.9 Å². The molecular weight excluding hydrogens is 453 g/mol. The maximum Gasteiger partial charge on any atom is 0.341 e. The Balaban J connectivity index is 1.36. The molecule has 1 unspecified atom stereocenters. The van der Waals surface area contributed by atoms with E-state index in [2.05, 4.69) is 15.4 Å². The second-order valence-corrected chi connectivity index (χ2v) is 8.88. The molecule has 174 valence electrons. The number of halogens is 1. The number of pyridine rings is 2. The molecule has 2 fully saturated rings. The third kappa shape index (κ3) is 4.34. The van der Waals surface area contributed by atoms with Crippen LogP contribution in [0.5, 0.6) is 0 Å². The summed E-state index contributed by atoms with van der Waals surface area (Å²) in [5.41, 5.74) is 1.83. The highest BCUT2D eigenvalue weighted by Crippen LogP contribution is 2.27. The van der Waals surface area contributed by atoms with Crippen molar-refractivity contribution in [3.8, 4) is 5.13 Å². The minimum atomic E-state index is -1.40. The molecule has 5 rings (SSSR count). The molecule has 12 heteroatoms. The molecule has 0 saturated carbocycles. The highest BCUT2D eigenvalue weighted by molar-refractivity contribution is 7.12. The third-order valence-electron chi connectivity index (χ3n) is 5.75. The predicted molar refractivity (Wildman–Crippen MR) is 119 cm³/mol. The standard InChI is InChI=1S/C21H22FN5O5S/c22-16-7-14-17(28)15(20(29)30)11-27(21-23-4-6-33-21)18(14)25-19(16)26-9-13(10-26)32-24-8-12-3-1-2-5-31-12/h4,6-7,11-13,24H,1-3,5,8-10H2,(H,29,30). The Bertz CT molecular complexity index is 1220. The normalized spacial score (nSPS) is 19.1. The van der Waals surface area contributed by atoms with Gasteiger partial charge in [0, 0.05) is 44.0 Å². The molecule has 0 amide bonds. The SMILES string of the molecule is O=C(O)c1cn(-c2nccs2)c2nc(N3CC(ONCC4CCCCO4)C3)c(F)cc2c1=O. The summed E-state index contributed by atoms with van der Waals surface area (Å²) in [7, 11) is 0. The molecule has 3 aromatic rings. The Labute approximate surface area is 191 Å². The summed E-state index contributed by atoms with van der Waals surface area (Å²) in [4.78, 5) is 40.1. The second-order valence-electron chi connectivity index (χ2n) is 8.01. The van der Waals surface area contributed by atoms with Crippen LogP contribution in [0, 0.1) is 5.82 Å². The molecular formula is C21H22FN5O5S. The lowest BCUT2D eigenvalue weighted by Crippen LogP contribution is -2.55. The first-order chi connectivity index (χ1) is 16.0. The number of nitrogens with zero attached hydrogens (tertiary/aromatic N) is 4. The van der Waals surface area contributed by atoms with E-state index in [1.54, 1.807) is 16.5 Å². The highest BCUT2D eigenvalue weighted by Gasteiger charge is 2.32. The van der Waals surface area contributed by atoms with Gasteiger partial charge in [-0.2, -0.15) is 5.48 Å². The monoisotopic (exact) mass is 475 g/mol. The number of ether oxygens (including phenoxy) is 1. The van der Waals surface area contributed by atoms with Gasteiger partial charge in [0.2, 0.25) is 5.43 Å². The van der Waals surface area contributed by atoms with Gasteiger partial charge >= 0.3 is 5.97 Å². The number of carbonyl (C=O) groups is 1. The second kappa shape index (κ2) is 9.14. The van der Waals surface area contributed by atoms with Gasteiger partial charge in [0.15, 0.2) is 22.4 Å². The molecule has 2 N–H and O–H groups in total. The summed E-state index contributed by atoms with van der Waals surface area (Å²) in [5, 5.41) is 11.4. The number of carboxylic acid groups (broad SMARTS) is 1. The Kier molecular flexibility index (Phi) is 6.06. The summed E-state index contributed by atoms with van der Waals surface area (Å²) in [6, 6.07) is 1.05. The van der Waals surface area contributed by atoms with Crippen molar-refractivity contribution in [2.45, 2.75) is 31.5 Å². The molecule has 10 nitrogen and oxygen atoms in total. The number of anilines is 1. The minimum absolute atomic E-state index is 0.0748. The molecule has 2 aliphatic heterocycles. The van der Waals surface area contributed by atoms with Crippen LogP contribution in [0.1, 0.15) is 29.6 Å². The van der Waals surface area contributed by atoms with Crippen LogP contribution in [0.15, 0.2) is 28.6 Å². The van der Waals surface area contributed by atoms with Crippen LogP contribution in [0.25, 0.3) is 16.2 Å². The van der Waals surface area contributed by atoms with Gasteiger partial charge in [-0.3, -0.25) is 14.2 Å². The van der Waals surface area contributed by atoms with Gasteiger partial charge in [0.05, 0.1) is 11.5 Å². The first kappa shape index (κ1) is 21.9. The molecule has 0 radical (unpaired) electrons. The van der Waals surface area contributed by atoms with Crippen molar-refractivity contribution in [3.05, 3.63) is 45.4 Å². The quantitative estimate of drug-likeness (QED) is 0.494. The molecule has 2 aliphatic rings. The number of hydroxylamine groups is 1. The fourth-order valence-electron chi connectivity index (χ4n) is 3.98. The molecule has 1 atom stereocenters. The Hall–Kier alpha value is -2.93. The molecule has 0 aliphatic carbocycles. The smallest absolute Gasteiger partial charge is 0.341 e. The van der Waals surface area contributed by atoms with E-state index in [9.17, 15) is 19.1 Å². The Morgan fingerprint density at radius 3 is 2.94 bits per heavy atom. The number of hydrogen-bond donors (Lipinski definition) is 2. The number of thiazole rings is 1. The average molecular weight is 476 g/mol. The fraction of sp³-hybridized carbons (Fsp3) is 0.429. The van der Waals surface area contributed by atoms with Gasteiger partial charge in [-0.25, -0.2) is 19.2 Å². The van der Waals surface area contributed by atoms with Gasteiger partial charge in [0.25, 0.3) is 0 Å². The largest absolute Gasteiger partial charge is 0.477 e. The van der Waals surface area contributed by atoms with E-state index in [1.165, 1.54) is 22.1 Å². The zero-order chi connectivity index (χ0) is 22.9. The predicted octanol–water partition coefficient (Wildman–Crippen LogP) is 1.96. The third-order valence-corrected chi connectivity index (χ3v) is 6.52. The van der Waals surface area contributed by atoms with Crippen molar-refractivity contribution in [2.75, 3.05) is 31.1 Å². The highest BCUT2D eigenvalue weighted by atomic mass is 32.1. The topological polar surface area (TPSA) is 119 Å². The number of carboxylic acids is 1. The van der Waals surface area contributed by atoms with Crippen LogP contribution in [0.4, 0.5) is 10.2 Å². The number of aromatic carboxylic acids is 1. The summed E-state index contributed by atoms with van der Waals surface area (Å²) < 4.78 is 22.0. The van der Waals surface area contributed by atoms with Gasteiger partial charge in [0.1, 0.15) is 11.7 Å². The Morgan fingerprint density at radius 2 is 2.24 bits per heavy atom. The number of rotatable bonds is 7. The summed E-state index contributed by atoms with van der Waals surface area (Å²) >= 11 is 1.25. The zero-order valence-corrected chi connectivity index (χ0v) is 18.4. The van der Waals surface area contributed by atoms with E-state index in [4.69, 9.17) is 9.57 Å². The van der Waals surface area contributed by atoms with E-state index in [1.807, 2.05) is 0 Å². The first-order valence-corrected chi connectivity index (χ1v) is 11.5. The Morgan fingerprint density at radius 1 is 1.39 bits per heavy atom. The lowest BCUT2D eigenvalue weighted by atomic mass is 10.1. The molecule has 2 saturated heterocycles. The van der Waals surface area contributed by atoms with Gasteiger partial charge < -0.3 is 14.7 Å². The van der Waals surface area contributed by atoms with Gasteiger partial charge in [-0.05, 0) is 25.3 Å². The van der Waals surface area contributed by atoms with Crippen molar-refractivity contribution in [2.24, 2.45) is 0 Å². The lowest BCUT2D eigenvalue weighted by Gasteiger charge is -2.39. The van der Waals surface area contributed by atoms with Crippen LogP contribution in [0.2, 0.25) is 0 Å². The van der Waals surface area contributed by atoms with Crippen molar-refractivity contribution in [3.63, 3.8) is 0 Å². The lowest BCUT2D eigenvalue weighted by molar-refractivity contribution is -0.0699. The number of fused-ring (bicyclic) bond motifs is 1. The van der Waals surface area contributed by atoms with Crippen LogP contribution >= 0.6 is 11.3 Å². The fourth-order valence-corrected chi connectivity index (χ4v) is 4.60. The van der Waals surface area contributed by atoms with Crippen molar-refractivity contribution >= 4 is 34.2 Å². The number of aromatic nitrogens is 3. The maximum absolute atomic E-state index is 14.9. The molecule has 5 heterocycles. The van der Waals surface area contributed by atoms with Crippen LogP contribution in [-0.2, 0) is 9.57 Å². The van der Waals surface area contributed by atoms with Crippen molar-refractivity contribution in [1.82, 2.24) is 20.0 Å². The van der Waals surface area contributed by atoms with Crippen molar-refractivity contribution in [1.29, 1.82) is 0 Å². The van der Waals surface area contributed by atoms with E-state index < -0.39 is 22.8 Å². The van der Waals surface area contributed by atoms with E-state index in [-0.39, 0.29) is 29.1 Å². The summed E-state index contributed by atoms with van der Waals surface area (Å²) in [6.45, 7) is 2.22. The molecule has 0 bridgehead atoms. The number of hydrogen-bond acceptors (Lipinski definition) is 9. The molecule has 0 spiro atoms. The zero-order valence-electron chi connectivity index (χ0n) is 17.6. The van der Waals surface area contributed by atoms with Crippen LogP contribution in [-0.4, -0.2) is 64.1 Å². The first-order valence-electron chi connectivity index (χ1n) is 10.7. The van der Waals surface area contributed by atoms with Crippen LogP contribution < -0.4 is 15.8 Å². The van der Waals surface area contributed by atoms with Gasteiger partial charge in [-0.15, -0.1) is 11.3 Å². The van der Waals surface area contributed by atoms with E-state index in [0.29, 0.717) is 24.8 Å². The van der Waals surface area contributed by atoms with Gasteiger partial charge in [-0.1, -0.05) is 0 Å². The summed E-state index contributed by atoms with van der Waals surface area (Å²) in [6.07, 6.45) is 5.99. The van der Waals surface area contributed by atoms with Crippen LogP contribution in [0.3, 0.4) is 0 Å².